The van der Waals surface area contributed by atoms with Crippen molar-refractivity contribution in [2.75, 3.05) is 4.90 Å². The van der Waals surface area contributed by atoms with Gasteiger partial charge in [-0.25, -0.2) is 0 Å². The van der Waals surface area contributed by atoms with Crippen molar-refractivity contribution >= 4 is 39.5 Å². The number of benzene rings is 5. The van der Waals surface area contributed by atoms with Crippen LogP contribution in [0.3, 0.4) is 0 Å². The molecule has 0 aromatic heterocycles. The fourth-order valence-electron chi connectivity index (χ4n) is 7.75. The van der Waals surface area contributed by atoms with Gasteiger partial charge < -0.3 is 4.90 Å². The summed E-state index contributed by atoms with van der Waals surface area (Å²) in [6, 6.07) is 38.7. The van der Waals surface area contributed by atoms with Gasteiger partial charge in [0.05, 0.1) is 5.69 Å². The highest BCUT2D eigenvalue weighted by Crippen LogP contribution is 2.51. The molecular weight excluding hydrogens is 518 g/mol. The molecule has 210 valence electrons. The van der Waals surface area contributed by atoms with E-state index in [-0.39, 0.29) is 5.41 Å². The zero-order valence-corrected chi connectivity index (χ0v) is 25.3. The Bertz CT molecular complexity index is 2110. The highest BCUT2D eigenvalue weighted by atomic mass is 15.2. The van der Waals surface area contributed by atoms with E-state index in [9.17, 15) is 0 Å². The van der Waals surface area contributed by atoms with Crippen LogP contribution in [0.5, 0.6) is 0 Å². The summed E-state index contributed by atoms with van der Waals surface area (Å²) in [5.41, 5.74) is 12.1. The second kappa shape index (κ2) is 9.99. The number of hydrogen-bond donors (Lipinski definition) is 0. The Morgan fingerprint density at radius 2 is 1.51 bits per heavy atom. The number of nitrogens with zero attached hydrogens (tertiary/aromatic N) is 1. The lowest BCUT2D eigenvalue weighted by Crippen LogP contribution is -2.36. The summed E-state index contributed by atoms with van der Waals surface area (Å²) in [6.45, 7) is 7.08. The number of hydrogen-bond acceptors (Lipinski definition) is 1. The topological polar surface area (TPSA) is 3.24 Å². The molecule has 1 heteroatoms. The molecular formula is C42H37N. The monoisotopic (exact) mass is 555 g/mol. The van der Waals surface area contributed by atoms with Crippen molar-refractivity contribution < 1.29 is 0 Å². The number of rotatable bonds is 4. The predicted octanol–water partition coefficient (Wildman–Crippen LogP) is 9.65. The zero-order valence-electron chi connectivity index (χ0n) is 25.3. The molecule has 1 nitrogen and oxygen atoms in total. The van der Waals surface area contributed by atoms with Crippen LogP contribution >= 0.6 is 0 Å². The summed E-state index contributed by atoms with van der Waals surface area (Å²) < 4.78 is 0. The first kappa shape index (κ1) is 26.0. The van der Waals surface area contributed by atoms with Gasteiger partial charge in [0.25, 0.3) is 0 Å². The molecule has 3 aliphatic carbocycles. The number of anilines is 2. The van der Waals surface area contributed by atoms with Crippen molar-refractivity contribution in [2.45, 2.75) is 45.4 Å². The fourth-order valence-corrected chi connectivity index (χ4v) is 7.75. The molecule has 0 saturated heterocycles. The largest absolute Gasteiger partial charge is 0.313 e. The molecule has 0 fully saturated rings. The highest BCUT2D eigenvalue weighted by molar-refractivity contribution is 5.94. The third-order valence-electron chi connectivity index (χ3n) is 9.86. The lowest BCUT2D eigenvalue weighted by Gasteiger charge is -2.33. The summed E-state index contributed by atoms with van der Waals surface area (Å²) in [5, 5.41) is 5.33. The molecule has 0 amide bonds. The molecule has 43 heavy (non-hydrogen) atoms. The van der Waals surface area contributed by atoms with Crippen LogP contribution < -0.4 is 15.3 Å². The average Bonchev–Trinajstić information content (AvgIpc) is 3.27. The Hall–Kier alpha value is -4.62. The maximum Gasteiger partial charge on any atom is 0.0533 e. The Kier molecular flexibility index (Phi) is 6.05. The first-order chi connectivity index (χ1) is 21.0. The Morgan fingerprint density at radius 1 is 0.744 bits per heavy atom. The standard InChI is InChI=1S/C42H37N/c1-28-12-10-15-31(26-28)33-16-7-9-20-39(33)43(40-21-11-14-30-23-22-29-13-4-5-17-34(29)41(30)40)32-24-25-36-35-18-6-8-19-37(35)42(2,3)38(36)27-32/h4-10,12-20,22-25,27-28H,11,21,26H2,1-3H3. The molecule has 8 rings (SSSR count). The SMILES string of the molecule is CC1C=CC=C(c2ccccc2N(C2=c3c(ccc4ccccc34)=CCC2)c2ccc3c(c2)C(C)(C)c2ccccc2-3)C1. The zero-order chi connectivity index (χ0) is 29.1. The minimum absolute atomic E-state index is 0.0607. The normalized spacial score (nSPS) is 18.0. The van der Waals surface area contributed by atoms with E-state index in [2.05, 4.69) is 153 Å². The van der Waals surface area contributed by atoms with Crippen LogP contribution in [0.15, 0.2) is 121 Å². The predicted molar refractivity (Wildman–Crippen MR) is 184 cm³/mol. The van der Waals surface area contributed by atoms with Crippen molar-refractivity contribution in [3.05, 3.63) is 148 Å². The van der Waals surface area contributed by atoms with E-state index in [1.54, 1.807) is 0 Å². The number of allylic oxidation sites excluding steroid dienone is 4. The molecule has 0 radical (unpaired) electrons. The summed E-state index contributed by atoms with van der Waals surface area (Å²) in [5.74, 6) is 0.530. The van der Waals surface area contributed by atoms with Crippen molar-refractivity contribution in [3.63, 3.8) is 0 Å². The molecule has 0 saturated carbocycles. The Labute approximate surface area is 254 Å². The Morgan fingerprint density at radius 3 is 2.40 bits per heavy atom. The van der Waals surface area contributed by atoms with Gasteiger partial charge in [0.1, 0.15) is 0 Å². The summed E-state index contributed by atoms with van der Waals surface area (Å²) in [6.07, 6.45) is 12.4. The van der Waals surface area contributed by atoms with Gasteiger partial charge in [-0.05, 0) is 87.2 Å². The van der Waals surface area contributed by atoms with Gasteiger partial charge >= 0.3 is 0 Å². The van der Waals surface area contributed by atoms with Crippen LogP contribution in [-0.4, -0.2) is 0 Å². The quantitative estimate of drug-likeness (QED) is 0.213. The van der Waals surface area contributed by atoms with Gasteiger partial charge in [-0.3, -0.25) is 0 Å². The van der Waals surface area contributed by atoms with Gasteiger partial charge in [0, 0.05) is 27.6 Å². The molecule has 0 bridgehead atoms. The lowest BCUT2D eigenvalue weighted by molar-refractivity contribution is 0.660. The van der Waals surface area contributed by atoms with E-state index < -0.39 is 0 Å². The van der Waals surface area contributed by atoms with Crippen molar-refractivity contribution in [1.82, 2.24) is 0 Å². The minimum Gasteiger partial charge on any atom is -0.313 e. The minimum atomic E-state index is -0.0607. The molecule has 5 aromatic carbocycles. The third-order valence-corrected chi connectivity index (χ3v) is 9.86. The molecule has 0 heterocycles. The average molecular weight is 556 g/mol. The van der Waals surface area contributed by atoms with Gasteiger partial charge in [0.15, 0.2) is 0 Å². The van der Waals surface area contributed by atoms with Crippen molar-refractivity contribution in [1.29, 1.82) is 0 Å². The molecule has 0 N–H and O–H groups in total. The Balaban J connectivity index is 1.44. The van der Waals surface area contributed by atoms with Crippen LogP contribution in [0.25, 0.3) is 39.2 Å². The highest BCUT2D eigenvalue weighted by Gasteiger charge is 2.36. The fraction of sp³-hybridized carbons (Fsp3) is 0.190. The van der Waals surface area contributed by atoms with Crippen molar-refractivity contribution in [3.8, 4) is 11.1 Å². The van der Waals surface area contributed by atoms with E-state index in [1.807, 2.05) is 0 Å². The second-order valence-electron chi connectivity index (χ2n) is 13.0. The molecule has 0 spiro atoms. The first-order valence-electron chi connectivity index (χ1n) is 15.7. The van der Waals surface area contributed by atoms with Crippen molar-refractivity contribution in [2.24, 2.45) is 5.92 Å². The second-order valence-corrected chi connectivity index (χ2v) is 13.0. The maximum atomic E-state index is 2.61. The maximum absolute atomic E-state index is 2.61. The van der Waals surface area contributed by atoms with Gasteiger partial charge in [-0.15, -0.1) is 0 Å². The van der Waals surface area contributed by atoms with Gasteiger partial charge in [-0.2, -0.15) is 0 Å². The van der Waals surface area contributed by atoms with E-state index in [4.69, 9.17) is 0 Å². The van der Waals surface area contributed by atoms with E-state index in [1.165, 1.54) is 71.7 Å². The number of fused-ring (bicyclic) bond motifs is 6. The molecule has 1 atom stereocenters. The van der Waals surface area contributed by atoms with Crippen LogP contribution in [-0.2, 0) is 5.41 Å². The van der Waals surface area contributed by atoms with E-state index >= 15 is 0 Å². The third kappa shape index (κ3) is 4.13. The van der Waals surface area contributed by atoms with E-state index in [0.717, 1.165) is 19.3 Å². The molecule has 1 unspecified atom stereocenters. The summed E-state index contributed by atoms with van der Waals surface area (Å²) in [7, 11) is 0. The number of para-hydroxylation sites is 1. The lowest BCUT2D eigenvalue weighted by atomic mass is 9.82. The van der Waals surface area contributed by atoms with Crippen LogP contribution in [0.1, 0.15) is 56.7 Å². The molecule has 0 aliphatic heterocycles. The van der Waals surface area contributed by atoms with Crippen LogP contribution in [0, 0.1) is 5.92 Å². The van der Waals surface area contributed by atoms with Crippen LogP contribution in [0.4, 0.5) is 11.4 Å². The summed E-state index contributed by atoms with van der Waals surface area (Å²) in [4.78, 5) is 2.61. The van der Waals surface area contributed by atoms with E-state index in [0.29, 0.717) is 5.92 Å². The molecule has 5 aromatic rings. The van der Waals surface area contributed by atoms with Gasteiger partial charge in [0.2, 0.25) is 0 Å². The van der Waals surface area contributed by atoms with Crippen LogP contribution in [0.2, 0.25) is 0 Å². The summed E-state index contributed by atoms with van der Waals surface area (Å²) >= 11 is 0. The smallest absolute Gasteiger partial charge is 0.0533 e. The first-order valence-corrected chi connectivity index (χ1v) is 15.7. The van der Waals surface area contributed by atoms with Gasteiger partial charge in [-0.1, -0.05) is 130 Å². The molecule has 3 aliphatic rings.